The molecule has 0 saturated carbocycles. The maximum Gasteiger partial charge on any atom is 0.131 e. The fraction of sp³-hybridized carbons (Fsp3) is 0.278. The van der Waals surface area contributed by atoms with Crippen LogP contribution in [0.25, 0.3) is 11.1 Å². The minimum atomic E-state index is -0.197. The number of benzene rings is 2. The Labute approximate surface area is 124 Å². The largest absolute Gasteiger partial charge is 0.371 e. The molecule has 0 aliphatic carbocycles. The topological polar surface area (TPSA) is 27.0 Å². The molecule has 3 rings (SSSR count). The molecule has 3 heteroatoms. The Bertz CT molecular complexity index is 667. The van der Waals surface area contributed by atoms with Crippen molar-refractivity contribution in [2.24, 2.45) is 5.92 Å². The number of hydrogen-bond acceptors (Lipinski definition) is 2. The summed E-state index contributed by atoms with van der Waals surface area (Å²) in [5.41, 5.74) is 2.61. The predicted molar refractivity (Wildman–Crippen MR) is 82.4 cm³/mol. The van der Waals surface area contributed by atoms with Crippen LogP contribution in [0.4, 0.5) is 10.1 Å². The average molecular weight is 280 g/mol. The SMILES string of the molecule is N#CC1CCN(c2ccccc2-c2ccccc2F)CC1. The molecule has 0 amide bonds. The van der Waals surface area contributed by atoms with Crippen LogP contribution in [0.15, 0.2) is 48.5 Å². The van der Waals surface area contributed by atoms with Crippen LogP contribution in [0.3, 0.4) is 0 Å². The summed E-state index contributed by atoms with van der Waals surface area (Å²) in [6, 6.07) is 17.1. The fourth-order valence-electron chi connectivity index (χ4n) is 2.91. The number of para-hydroxylation sites is 1. The van der Waals surface area contributed by atoms with E-state index in [9.17, 15) is 4.39 Å². The van der Waals surface area contributed by atoms with Crippen molar-refractivity contribution < 1.29 is 4.39 Å². The lowest BCUT2D eigenvalue weighted by atomic mass is 9.96. The zero-order chi connectivity index (χ0) is 14.7. The summed E-state index contributed by atoms with van der Waals surface area (Å²) in [5.74, 6) is -0.0428. The summed E-state index contributed by atoms with van der Waals surface area (Å²) < 4.78 is 14.1. The van der Waals surface area contributed by atoms with Crippen LogP contribution in [-0.2, 0) is 0 Å². The summed E-state index contributed by atoms with van der Waals surface area (Å²) >= 11 is 0. The van der Waals surface area contributed by atoms with Gasteiger partial charge in [0.05, 0.1) is 6.07 Å². The van der Waals surface area contributed by atoms with Gasteiger partial charge in [-0.05, 0) is 25.0 Å². The summed E-state index contributed by atoms with van der Waals surface area (Å²) in [7, 11) is 0. The molecule has 1 aliphatic heterocycles. The highest BCUT2D eigenvalue weighted by Gasteiger charge is 2.21. The van der Waals surface area contributed by atoms with Crippen molar-refractivity contribution in [1.29, 1.82) is 5.26 Å². The van der Waals surface area contributed by atoms with Gasteiger partial charge in [-0.2, -0.15) is 5.26 Å². The van der Waals surface area contributed by atoms with E-state index in [2.05, 4.69) is 11.0 Å². The van der Waals surface area contributed by atoms with E-state index in [4.69, 9.17) is 5.26 Å². The van der Waals surface area contributed by atoms with Crippen LogP contribution in [0.5, 0.6) is 0 Å². The Morgan fingerprint density at radius 2 is 1.57 bits per heavy atom. The minimum Gasteiger partial charge on any atom is -0.371 e. The number of nitrogens with zero attached hydrogens (tertiary/aromatic N) is 2. The molecule has 1 aliphatic rings. The lowest BCUT2D eigenvalue weighted by molar-refractivity contribution is 0.488. The van der Waals surface area contributed by atoms with Crippen molar-refractivity contribution in [3.8, 4) is 17.2 Å². The fourth-order valence-corrected chi connectivity index (χ4v) is 2.91. The monoisotopic (exact) mass is 280 g/mol. The Kier molecular flexibility index (Phi) is 3.87. The first kappa shape index (κ1) is 13.6. The number of anilines is 1. The number of piperidine rings is 1. The summed E-state index contributed by atoms with van der Waals surface area (Å²) in [6.07, 6.45) is 1.75. The van der Waals surface area contributed by atoms with Gasteiger partial charge in [0.1, 0.15) is 5.82 Å². The predicted octanol–water partition coefficient (Wildman–Crippen LogP) is 4.23. The molecule has 2 aromatic rings. The molecule has 1 saturated heterocycles. The molecule has 106 valence electrons. The van der Waals surface area contributed by atoms with E-state index in [-0.39, 0.29) is 11.7 Å². The molecular formula is C18H17FN2. The summed E-state index contributed by atoms with van der Waals surface area (Å²) in [6.45, 7) is 1.70. The summed E-state index contributed by atoms with van der Waals surface area (Å²) in [5, 5.41) is 9.00. The van der Waals surface area contributed by atoms with Crippen molar-refractivity contribution in [3.63, 3.8) is 0 Å². The molecule has 0 N–H and O–H groups in total. The Balaban J connectivity index is 1.94. The van der Waals surface area contributed by atoms with Crippen molar-refractivity contribution in [3.05, 3.63) is 54.3 Å². The lowest BCUT2D eigenvalue weighted by Gasteiger charge is -2.32. The minimum absolute atomic E-state index is 0.155. The van der Waals surface area contributed by atoms with Gasteiger partial charge in [0, 0.05) is 35.8 Å². The molecule has 0 atom stereocenters. The van der Waals surface area contributed by atoms with Gasteiger partial charge in [0.15, 0.2) is 0 Å². The summed E-state index contributed by atoms with van der Waals surface area (Å²) in [4.78, 5) is 2.26. The van der Waals surface area contributed by atoms with Gasteiger partial charge >= 0.3 is 0 Å². The first-order valence-corrected chi connectivity index (χ1v) is 7.28. The van der Waals surface area contributed by atoms with E-state index in [1.165, 1.54) is 6.07 Å². The van der Waals surface area contributed by atoms with E-state index >= 15 is 0 Å². The zero-order valence-corrected chi connectivity index (χ0v) is 11.8. The third kappa shape index (κ3) is 2.75. The van der Waals surface area contributed by atoms with Gasteiger partial charge in [-0.3, -0.25) is 0 Å². The van der Waals surface area contributed by atoms with Gasteiger partial charge in [-0.1, -0.05) is 36.4 Å². The van der Waals surface area contributed by atoms with E-state index in [1.807, 2.05) is 36.4 Å². The van der Waals surface area contributed by atoms with Crippen LogP contribution in [0.2, 0.25) is 0 Å². The second-order valence-corrected chi connectivity index (χ2v) is 5.39. The number of rotatable bonds is 2. The molecule has 1 heterocycles. The maximum absolute atomic E-state index is 14.1. The van der Waals surface area contributed by atoms with Gasteiger partial charge in [-0.25, -0.2) is 4.39 Å². The van der Waals surface area contributed by atoms with Crippen LogP contribution >= 0.6 is 0 Å². The Hall–Kier alpha value is -2.34. The van der Waals surface area contributed by atoms with E-state index < -0.39 is 0 Å². The van der Waals surface area contributed by atoms with Gasteiger partial charge in [0.2, 0.25) is 0 Å². The van der Waals surface area contributed by atoms with Crippen molar-refractivity contribution >= 4 is 5.69 Å². The second-order valence-electron chi connectivity index (χ2n) is 5.39. The average Bonchev–Trinajstić information content (AvgIpc) is 2.55. The quantitative estimate of drug-likeness (QED) is 0.823. The maximum atomic E-state index is 14.1. The van der Waals surface area contributed by atoms with Crippen LogP contribution < -0.4 is 4.90 Å². The first-order valence-electron chi connectivity index (χ1n) is 7.28. The van der Waals surface area contributed by atoms with Crippen molar-refractivity contribution in [2.45, 2.75) is 12.8 Å². The number of halogens is 1. The molecule has 2 aromatic carbocycles. The molecule has 0 spiro atoms. The Morgan fingerprint density at radius 3 is 2.24 bits per heavy atom. The van der Waals surface area contributed by atoms with Crippen LogP contribution in [0.1, 0.15) is 12.8 Å². The van der Waals surface area contributed by atoms with E-state index in [1.54, 1.807) is 6.07 Å². The zero-order valence-electron chi connectivity index (χ0n) is 11.8. The number of nitriles is 1. The standard InChI is InChI=1S/C18H17FN2/c19-17-7-3-1-5-15(17)16-6-2-4-8-18(16)21-11-9-14(13-20)10-12-21/h1-8,14H,9-12H2. The molecule has 1 fully saturated rings. The third-order valence-electron chi connectivity index (χ3n) is 4.09. The van der Waals surface area contributed by atoms with E-state index in [0.717, 1.165) is 37.2 Å². The van der Waals surface area contributed by atoms with Crippen molar-refractivity contribution in [1.82, 2.24) is 0 Å². The smallest absolute Gasteiger partial charge is 0.131 e. The molecular weight excluding hydrogens is 263 g/mol. The van der Waals surface area contributed by atoms with Crippen molar-refractivity contribution in [2.75, 3.05) is 18.0 Å². The van der Waals surface area contributed by atoms with Gasteiger partial charge < -0.3 is 4.90 Å². The normalized spacial score (nSPS) is 15.7. The second kappa shape index (κ2) is 5.97. The molecule has 2 nitrogen and oxygen atoms in total. The number of hydrogen-bond donors (Lipinski definition) is 0. The highest BCUT2D eigenvalue weighted by molar-refractivity contribution is 5.79. The Morgan fingerprint density at radius 1 is 0.952 bits per heavy atom. The van der Waals surface area contributed by atoms with Gasteiger partial charge in [0.25, 0.3) is 0 Å². The molecule has 21 heavy (non-hydrogen) atoms. The highest BCUT2D eigenvalue weighted by Crippen LogP contribution is 2.34. The third-order valence-corrected chi connectivity index (χ3v) is 4.09. The molecule has 0 aromatic heterocycles. The van der Waals surface area contributed by atoms with E-state index in [0.29, 0.717) is 5.56 Å². The van der Waals surface area contributed by atoms with Crippen LogP contribution in [0, 0.1) is 23.1 Å². The van der Waals surface area contributed by atoms with Crippen LogP contribution in [-0.4, -0.2) is 13.1 Å². The molecule has 0 unspecified atom stereocenters. The highest BCUT2D eigenvalue weighted by atomic mass is 19.1. The molecule has 0 radical (unpaired) electrons. The first-order chi connectivity index (χ1) is 10.3. The molecule has 0 bridgehead atoms. The van der Waals surface area contributed by atoms with Gasteiger partial charge in [-0.15, -0.1) is 0 Å². The lowest BCUT2D eigenvalue weighted by Crippen LogP contribution is -2.33.